The topological polar surface area (TPSA) is 89.7 Å². The van der Waals surface area contributed by atoms with Gasteiger partial charge in [-0.15, -0.1) is 0 Å². The lowest BCUT2D eigenvalue weighted by atomic mass is 9.78. The Morgan fingerprint density at radius 3 is 2.70 bits per heavy atom. The number of amides is 1. The van der Waals surface area contributed by atoms with Crippen molar-refractivity contribution >= 4 is 5.91 Å². The molecule has 188 valence electrons. The second kappa shape index (κ2) is 11.3. The number of hydrogen-bond donors (Lipinski definition) is 5. The maximum atomic E-state index is 13.0. The van der Waals surface area contributed by atoms with Crippen molar-refractivity contribution in [2.45, 2.75) is 88.7 Å². The average Bonchev–Trinajstić information content (AvgIpc) is 3.49. The number of nitrogens with one attached hydrogen (secondary N) is 5. The Balaban J connectivity index is 1.04. The second-order valence-electron chi connectivity index (χ2n) is 11.3. The molecule has 0 bridgehead atoms. The number of hydrazine groups is 1. The van der Waals surface area contributed by atoms with E-state index in [1.54, 1.807) is 0 Å². The molecular formula is C25H46N6O2. The molecule has 5 rings (SSSR count). The van der Waals surface area contributed by atoms with E-state index in [2.05, 4.69) is 38.7 Å². The predicted octanol–water partition coefficient (Wildman–Crippen LogP) is 1.15. The van der Waals surface area contributed by atoms with Crippen LogP contribution in [0.15, 0.2) is 0 Å². The molecule has 5 N–H and O–H groups in total. The molecule has 7 unspecified atom stereocenters. The summed E-state index contributed by atoms with van der Waals surface area (Å²) < 4.78 is 6.02. The Labute approximate surface area is 199 Å². The Hall–Kier alpha value is -0.770. The summed E-state index contributed by atoms with van der Waals surface area (Å²) in [7, 11) is 2.23. The number of nitrogens with zero attached hydrogens (tertiary/aromatic N) is 1. The fourth-order valence-electron chi connectivity index (χ4n) is 7.16. The van der Waals surface area contributed by atoms with Crippen LogP contribution in [0, 0.1) is 23.7 Å². The quantitative estimate of drug-likeness (QED) is 0.388. The molecule has 7 atom stereocenters. The van der Waals surface area contributed by atoms with Gasteiger partial charge in [-0.1, -0.05) is 12.8 Å². The molecular weight excluding hydrogens is 416 g/mol. The smallest absolute Gasteiger partial charge is 0.223 e. The van der Waals surface area contributed by atoms with Crippen molar-refractivity contribution < 1.29 is 9.53 Å². The lowest BCUT2D eigenvalue weighted by Gasteiger charge is -2.35. The summed E-state index contributed by atoms with van der Waals surface area (Å²) in [5.41, 5.74) is 7.04. The van der Waals surface area contributed by atoms with E-state index in [4.69, 9.17) is 4.74 Å². The minimum Gasteiger partial charge on any atom is -0.378 e. The van der Waals surface area contributed by atoms with E-state index in [-0.39, 0.29) is 11.8 Å². The molecule has 3 heterocycles. The molecule has 0 spiro atoms. The van der Waals surface area contributed by atoms with Crippen LogP contribution in [0.3, 0.4) is 0 Å². The molecule has 33 heavy (non-hydrogen) atoms. The summed E-state index contributed by atoms with van der Waals surface area (Å²) in [6.45, 7) is 4.87. The largest absolute Gasteiger partial charge is 0.378 e. The highest BCUT2D eigenvalue weighted by Crippen LogP contribution is 2.37. The van der Waals surface area contributed by atoms with Crippen LogP contribution in [0.5, 0.6) is 0 Å². The minimum absolute atomic E-state index is 0.148. The Morgan fingerprint density at radius 1 is 0.970 bits per heavy atom. The third-order valence-corrected chi connectivity index (χ3v) is 9.22. The van der Waals surface area contributed by atoms with Crippen LogP contribution in [0.1, 0.15) is 64.2 Å². The van der Waals surface area contributed by atoms with Gasteiger partial charge in [-0.2, -0.15) is 0 Å². The molecule has 2 aliphatic carbocycles. The normalized spacial score (nSPS) is 40.6. The van der Waals surface area contributed by atoms with E-state index in [1.165, 1.54) is 44.9 Å². The third-order valence-electron chi connectivity index (χ3n) is 9.22. The van der Waals surface area contributed by atoms with Crippen LogP contribution in [0.2, 0.25) is 0 Å². The van der Waals surface area contributed by atoms with Gasteiger partial charge in [0.1, 0.15) is 0 Å². The zero-order chi connectivity index (χ0) is 22.6. The number of likely N-dealkylation sites (N-methyl/N-ethyl adjacent to an activating group) is 1. The van der Waals surface area contributed by atoms with Crippen LogP contribution in [0.4, 0.5) is 0 Å². The molecule has 2 saturated carbocycles. The van der Waals surface area contributed by atoms with Gasteiger partial charge in [-0.3, -0.25) is 9.69 Å². The maximum absolute atomic E-state index is 13.0. The van der Waals surface area contributed by atoms with Gasteiger partial charge in [0.05, 0.1) is 18.4 Å². The molecule has 3 saturated heterocycles. The molecule has 3 aliphatic heterocycles. The van der Waals surface area contributed by atoms with Crippen molar-refractivity contribution in [3.8, 4) is 0 Å². The minimum atomic E-state index is 0.148. The van der Waals surface area contributed by atoms with E-state index in [1.807, 2.05) is 0 Å². The number of rotatable bonds is 7. The van der Waals surface area contributed by atoms with Crippen LogP contribution in [-0.2, 0) is 9.53 Å². The fraction of sp³-hybridized carbons (Fsp3) is 0.960. The molecule has 0 aromatic carbocycles. The maximum Gasteiger partial charge on any atom is 0.223 e. The van der Waals surface area contributed by atoms with Crippen molar-refractivity contribution in [2.75, 3.05) is 39.8 Å². The van der Waals surface area contributed by atoms with Crippen LogP contribution in [-0.4, -0.2) is 75.1 Å². The molecule has 8 heteroatoms. The van der Waals surface area contributed by atoms with E-state index < -0.39 is 0 Å². The average molecular weight is 463 g/mol. The molecule has 0 radical (unpaired) electrons. The van der Waals surface area contributed by atoms with E-state index in [0.717, 1.165) is 58.0 Å². The first-order valence-electron chi connectivity index (χ1n) is 13.8. The summed E-state index contributed by atoms with van der Waals surface area (Å²) in [6, 6.07) is 0.430. The highest BCUT2D eigenvalue weighted by atomic mass is 16.5. The Bertz CT molecular complexity index is 644. The summed E-state index contributed by atoms with van der Waals surface area (Å²) >= 11 is 0. The van der Waals surface area contributed by atoms with Crippen molar-refractivity contribution in [2.24, 2.45) is 23.7 Å². The standard InChI is InChI=1S/C25H46N6O2/c1-31-22(29-30-24(31)18-8-11-26-12-9-18)16-27-21-7-3-5-19(14-21)25(32)28-15-20-6-2-4-17-10-13-33-23(17)20/h17-24,26-27,29-30H,2-16H2,1H3,(H,28,32). The van der Waals surface area contributed by atoms with Crippen LogP contribution in [0.25, 0.3) is 0 Å². The highest BCUT2D eigenvalue weighted by Gasteiger charge is 2.39. The van der Waals surface area contributed by atoms with Crippen molar-refractivity contribution in [3.05, 3.63) is 0 Å². The van der Waals surface area contributed by atoms with Gasteiger partial charge in [0.2, 0.25) is 5.91 Å². The zero-order valence-electron chi connectivity index (χ0n) is 20.5. The number of fused-ring (bicyclic) bond motifs is 1. The van der Waals surface area contributed by atoms with Gasteiger partial charge in [0, 0.05) is 37.6 Å². The summed E-state index contributed by atoms with van der Waals surface area (Å²) in [5, 5.41) is 10.6. The van der Waals surface area contributed by atoms with Gasteiger partial charge in [0.25, 0.3) is 0 Å². The van der Waals surface area contributed by atoms with E-state index >= 15 is 0 Å². The SMILES string of the molecule is CN1C(CNC2CCCC(C(=O)NCC3CCCC4CCOC43)C2)NNC1C1CCNCC1. The number of ether oxygens (including phenoxy) is 1. The zero-order valence-corrected chi connectivity index (χ0v) is 20.5. The molecule has 5 fully saturated rings. The lowest BCUT2D eigenvalue weighted by molar-refractivity contribution is -0.126. The van der Waals surface area contributed by atoms with Crippen LogP contribution >= 0.6 is 0 Å². The summed E-state index contributed by atoms with van der Waals surface area (Å²) in [5.74, 6) is 2.36. The monoisotopic (exact) mass is 462 g/mol. The first-order valence-corrected chi connectivity index (χ1v) is 13.8. The first-order chi connectivity index (χ1) is 16.2. The van der Waals surface area contributed by atoms with Gasteiger partial charge in [0.15, 0.2) is 0 Å². The molecule has 0 aromatic rings. The lowest BCUT2D eigenvalue weighted by Crippen LogP contribution is -2.49. The third kappa shape index (κ3) is 5.73. The Morgan fingerprint density at radius 2 is 1.82 bits per heavy atom. The van der Waals surface area contributed by atoms with Gasteiger partial charge in [-0.05, 0) is 83.3 Å². The van der Waals surface area contributed by atoms with Crippen molar-refractivity contribution in [3.63, 3.8) is 0 Å². The molecule has 1 amide bonds. The fourth-order valence-corrected chi connectivity index (χ4v) is 7.16. The first kappa shape index (κ1) is 23.9. The second-order valence-corrected chi connectivity index (χ2v) is 11.3. The van der Waals surface area contributed by atoms with Crippen molar-refractivity contribution in [1.82, 2.24) is 31.7 Å². The number of carbonyl (C=O) groups is 1. The number of hydrogen-bond acceptors (Lipinski definition) is 7. The number of piperidine rings is 1. The van der Waals surface area contributed by atoms with Gasteiger partial charge < -0.3 is 20.7 Å². The Kier molecular flexibility index (Phi) is 8.21. The highest BCUT2D eigenvalue weighted by molar-refractivity contribution is 5.78. The van der Waals surface area contributed by atoms with Crippen LogP contribution < -0.4 is 26.8 Å². The summed E-state index contributed by atoms with van der Waals surface area (Å²) in [4.78, 5) is 15.5. The van der Waals surface area contributed by atoms with E-state index in [9.17, 15) is 4.79 Å². The van der Waals surface area contributed by atoms with Gasteiger partial charge in [-0.25, -0.2) is 10.9 Å². The van der Waals surface area contributed by atoms with Crippen molar-refractivity contribution in [1.29, 1.82) is 0 Å². The molecule has 5 aliphatic rings. The predicted molar refractivity (Wildman–Crippen MR) is 129 cm³/mol. The number of carbonyl (C=O) groups excluding carboxylic acids is 1. The van der Waals surface area contributed by atoms with E-state index in [0.29, 0.717) is 36.3 Å². The molecule has 8 nitrogen and oxygen atoms in total. The van der Waals surface area contributed by atoms with Gasteiger partial charge >= 0.3 is 0 Å². The summed E-state index contributed by atoms with van der Waals surface area (Å²) in [6.07, 6.45) is 12.9. The molecule has 0 aromatic heterocycles.